The molecule has 2 aromatic heterocycles. The van der Waals surface area contributed by atoms with Gasteiger partial charge in [-0.05, 0) is 89.0 Å². The number of fused-ring (bicyclic) bond motifs is 6. The third-order valence-electron chi connectivity index (χ3n) is 11.3. The van der Waals surface area contributed by atoms with Gasteiger partial charge in [0, 0.05) is 22.5 Å². The first-order valence-corrected chi connectivity index (χ1v) is 19.2. The fraction of sp³-hybridized carbons (Fsp3) is 0. The van der Waals surface area contributed by atoms with E-state index < -0.39 is 0 Å². The molecule has 0 aliphatic heterocycles. The van der Waals surface area contributed by atoms with Gasteiger partial charge in [0.25, 0.3) is 0 Å². The molecular weight excluding hydrogens is 677 g/mol. The second kappa shape index (κ2) is 13.2. The van der Waals surface area contributed by atoms with Crippen molar-refractivity contribution in [2.24, 2.45) is 0 Å². The van der Waals surface area contributed by atoms with Crippen molar-refractivity contribution >= 4 is 54.1 Å². The molecule has 56 heavy (non-hydrogen) atoms. The second-order valence-corrected chi connectivity index (χ2v) is 14.4. The summed E-state index contributed by atoms with van der Waals surface area (Å²) in [6.45, 7) is 0. The Morgan fingerprint density at radius 3 is 1.11 bits per heavy atom. The standard InChI is InChI=1S/C54H34N2/c1-4-15-36(16-5-1)47-42-22-10-11-23-43(42)49(38-19-8-3-9-20-38)52-50(45-25-13-12-24-44(45)48(51(47)52)37-17-6-2-7-18-37)39-28-26-35(27-29-39)46-33-32-41-31-30-40-21-14-34-55-53(40)54(41)56-46/h1-34H. The summed E-state index contributed by atoms with van der Waals surface area (Å²) in [5, 5.41) is 9.61. The number of nitrogens with zero attached hydrogens (tertiary/aromatic N) is 2. The molecule has 0 N–H and O–H groups in total. The minimum absolute atomic E-state index is 0.922. The van der Waals surface area contributed by atoms with Crippen molar-refractivity contribution in [1.82, 2.24) is 9.97 Å². The van der Waals surface area contributed by atoms with Gasteiger partial charge in [-0.1, -0.05) is 188 Å². The molecular formula is C54H34N2. The van der Waals surface area contributed by atoms with E-state index >= 15 is 0 Å². The molecule has 0 radical (unpaired) electrons. The van der Waals surface area contributed by atoms with Gasteiger partial charge in [-0.2, -0.15) is 0 Å². The Bertz CT molecular complexity index is 3220. The van der Waals surface area contributed by atoms with E-state index in [0.717, 1.165) is 38.6 Å². The maximum atomic E-state index is 5.19. The Labute approximate surface area is 325 Å². The van der Waals surface area contributed by atoms with Crippen LogP contribution in [0.2, 0.25) is 0 Å². The van der Waals surface area contributed by atoms with E-state index in [0.29, 0.717) is 0 Å². The van der Waals surface area contributed by atoms with E-state index in [-0.39, 0.29) is 0 Å². The molecule has 2 heterocycles. The minimum atomic E-state index is 0.922. The van der Waals surface area contributed by atoms with Gasteiger partial charge in [0.15, 0.2) is 0 Å². The van der Waals surface area contributed by atoms with Crippen LogP contribution in [0.25, 0.3) is 110 Å². The van der Waals surface area contributed by atoms with Gasteiger partial charge in [-0.15, -0.1) is 0 Å². The van der Waals surface area contributed by atoms with Gasteiger partial charge in [0.2, 0.25) is 0 Å². The largest absolute Gasteiger partial charge is 0.254 e. The van der Waals surface area contributed by atoms with E-state index in [1.54, 1.807) is 0 Å². The lowest BCUT2D eigenvalue weighted by Crippen LogP contribution is -1.97. The van der Waals surface area contributed by atoms with E-state index in [1.807, 2.05) is 12.3 Å². The average molecular weight is 711 g/mol. The topological polar surface area (TPSA) is 25.8 Å². The highest BCUT2D eigenvalue weighted by Crippen LogP contribution is 2.53. The van der Waals surface area contributed by atoms with Crippen LogP contribution in [-0.2, 0) is 0 Å². The molecule has 0 spiro atoms. The number of hydrogen-bond donors (Lipinski definition) is 0. The molecule has 2 nitrogen and oxygen atoms in total. The number of hydrogen-bond acceptors (Lipinski definition) is 2. The van der Waals surface area contributed by atoms with Crippen LogP contribution in [0, 0.1) is 0 Å². The first-order valence-electron chi connectivity index (χ1n) is 19.2. The van der Waals surface area contributed by atoms with Crippen LogP contribution in [0.15, 0.2) is 206 Å². The Morgan fingerprint density at radius 1 is 0.268 bits per heavy atom. The summed E-state index contributed by atoms with van der Waals surface area (Å²) in [6, 6.07) is 72.4. The van der Waals surface area contributed by atoms with E-state index in [2.05, 4.69) is 194 Å². The molecule has 0 amide bonds. The zero-order valence-corrected chi connectivity index (χ0v) is 30.5. The highest BCUT2D eigenvalue weighted by Gasteiger charge is 2.25. The Hall–Kier alpha value is -7.42. The van der Waals surface area contributed by atoms with Crippen LogP contribution < -0.4 is 0 Å². The first-order chi connectivity index (χ1) is 27.8. The normalized spacial score (nSPS) is 11.6. The minimum Gasteiger partial charge on any atom is -0.254 e. The molecule has 260 valence electrons. The van der Waals surface area contributed by atoms with Crippen molar-refractivity contribution in [3.05, 3.63) is 206 Å². The smallest absolute Gasteiger partial charge is 0.0972 e. The summed E-state index contributed by atoms with van der Waals surface area (Å²) in [4.78, 5) is 9.90. The summed E-state index contributed by atoms with van der Waals surface area (Å²) in [5.41, 5.74) is 13.6. The molecule has 11 rings (SSSR count). The zero-order chi connectivity index (χ0) is 37.0. The lowest BCUT2D eigenvalue weighted by Gasteiger charge is -2.25. The highest BCUT2D eigenvalue weighted by molar-refractivity contribution is 6.33. The predicted molar refractivity (Wildman–Crippen MR) is 237 cm³/mol. The van der Waals surface area contributed by atoms with Crippen LogP contribution in [0.4, 0.5) is 0 Å². The van der Waals surface area contributed by atoms with Crippen molar-refractivity contribution in [1.29, 1.82) is 0 Å². The van der Waals surface area contributed by atoms with E-state index in [1.165, 1.54) is 71.3 Å². The third kappa shape index (κ3) is 5.11. The van der Waals surface area contributed by atoms with E-state index in [9.17, 15) is 0 Å². The van der Waals surface area contributed by atoms with Gasteiger partial charge in [-0.3, -0.25) is 4.98 Å². The maximum absolute atomic E-state index is 5.19. The molecule has 9 aromatic carbocycles. The summed E-state index contributed by atoms with van der Waals surface area (Å²) in [6.07, 6.45) is 1.85. The van der Waals surface area contributed by atoms with Crippen molar-refractivity contribution in [3.8, 4) is 55.8 Å². The van der Waals surface area contributed by atoms with Crippen LogP contribution in [-0.4, -0.2) is 9.97 Å². The van der Waals surface area contributed by atoms with Crippen LogP contribution in [0.5, 0.6) is 0 Å². The Kier molecular flexibility index (Phi) is 7.53. The molecule has 0 aliphatic rings. The summed E-state index contributed by atoms with van der Waals surface area (Å²) in [7, 11) is 0. The van der Waals surface area contributed by atoms with Gasteiger partial charge in [0.1, 0.15) is 0 Å². The van der Waals surface area contributed by atoms with Gasteiger partial charge in [0.05, 0.1) is 16.7 Å². The summed E-state index contributed by atoms with van der Waals surface area (Å²) < 4.78 is 0. The molecule has 0 bridgehead atoms. The van der Waals surface area contributed by atoms with Gasteiger partial charge < -0.3 is 0 Å². The highest BCUT2D eigenvalue weighted by atomic mass is 14.7. The SMILES string of the molecule is c1ccc(-c2c3ccccc3c(-c3ccccc3)c3c(-c4ccc(-c5ccc6ccc7cccnc7c6n5)cc4)c4ccccc4c(-c4ccccc4)c23)cc1. The van der Waals surface area contributed by atoms with Crippen molar-refractivity contribution in [3.63, 3.8) is 0 Å². The Balaban J connectivity index is 1.28. The summed E-state index contributed by atoms with van der Waals surface area (Å²) >= 11 is 0. The molecule has 0 atom stereocenters. The fourth-order valence-corrected chi connectivity index (χ4v) is 8.83. The number of rotatable bonds is 5. The summed E-state index contributed by atoms with van der Waals surface area (Å²) in [5.74, 6) is 0. The number of benzene rings is 9. The van der Waals surface area contributed by atoms with Crippen LogP contribution in [0.1, 0.15) is 0 Å². The monoisotopic (exact) mass is 710 g/mol. The molecule has 0 saturated carbocycles. The average Bonchev–Trinajstić information content (AvgIpc) is 3.28. The molecule has 0 fully saturated rings. The number of aromatic nitrogens is 2. The molecule has 0 aliphatic carbocycles. The van der Waals surface area contributed by atoms with Gasteiger partial charge in [-0.25, -0.2) is 4.98 Å². The zero-order valence-electron chi connectivity index (χ0n) is 30.5. The Morgan fingerprint density at radius 2 is 0.643 bits per heavy atom. The van der Waals surface area contributed by atoms with Crippen LogP contribution in [0.3, 0.4) is 0 Å². The third-order valence-corrected chi connectivity index (χ3v) is 11.3. The van der Waals surface area contributed by atoms with E-state index in [4.69, 9.17) is 9.97 Å². The molecule has 0 unspecified atom stereocenters. The molecule has 0 saturated heterocycles. The second-order valence-electron chi connectivity index (χ2n) is 14.4. The maximum Gasteiger partial charge on any atom is 0.0972 e. The number of pyridine rings is 2. The lowest BCUT2D eigenvalue weighted by molar-refractivity contribution is 1.37. The molecule has 2 heteroatoms. The van der Waals surface area contributed by atoms with Crippen LogP contribution >= 0.6 is 0 Å². The lowest BCUT2D eigenvalue weighted by atomic mass is 9.77. The fourth-order valence-electron chi connectivity index (χ4n) is 8.83. The van der Waals surface area contributed by atoms with Crippen molar-refractivity contribution in [2.75, 3.05) is 0 Å². The van der Waals surface area contributed by atoms with Crippen molar-refractivity contribution < 1.29 is 0 Å². The van der Waals surface area contributed by atoms with Gasteiger partial charge >= 0.3 is 0 Å². The molecule has 11 aromatic rings. The predicted octanol–water partition coefficient (Wildman–Crippen LogP) is 14.6. The first kappa shape index (κ1) is 32.0. The quantitative estimate of drug-likeness (QED) is 0.131. The van der Waals surface area contributed by atoms with Crippen molar-refractivity contribution in [2.45, 2.75) is 0 Å².